The highest BCUT2D eigenvalue weighted by Gasteiger charge is 2.16. The van der Waals surface area contributed by atoms with Gasteiger partial charge in [-0.1, -0.05) is 37.6 Å². The van der Waals surface area contributed by atoms with Crippen LogP contribution in [0.5, 0.6) is 0 Å². The van der Waals surface area contributed by atoms with E-state index in [1.807, 2.05) is 12.1 Å². The Bertz CT molecular complexity index is 862. The van der Waals surface area contributed by atoms with Crippen LogP contribution < -0.4 is 10.0 Å². The third-order valence-corrected chi connectivity index (χ3v) is 5.55. The molecule has 2 aromatic rings. The van der Waals surface area contributed by atoms with Crippen LogP contribution in [0.15, 0.2) is 47.4 Å². The lowest BCUT2D eigenvalue weighted by atomic mass is 10.0. The monoisotopic (exact) mass is 380 g/mol. The molecule has 0 unspecified atom stereocenters. The summed E-state index contributed by atoms with van der Waals surface area (Å²) in [5.41, 5.74) is 2.44. The SMILES string of the molecule is Cc1cc(S(=O)(=O)NCC(=O)Nc2ccc(C(C)C)cc2)ccc1Cl. The van der Waals surface area contributed by atoms with Crippen molar-refractivity contribution in [2.24, 2.45) is 0 Å². The number of benzene rings is 2. The first-order valence-corrected chi connectivity index (χ1v) is 9.71. The number of hydrogen-bond acceptors (Lipinski definition) is 3. The lowest BCUT2D eigenvalue weighted by Gasteiger charge is -2.10. The van der Waals surface area contributed by atoms with Crippen molar-refractivity contribution in [3.8, 4) is 0 Å². The lowest BCUT2D eigenvalue weighted by Crippen LogP contribution is -2.32. The van der Waals surface area contributed by atoms with Crippen LogP contribution in [0.2, 0.25) is 5.02 Å². The quantitative estimate of drug-likeness (QED) is 0.802. The lowest BCUT2D eigenvalue weighted by molar-refractivity contribution is -0.115. The van der Waals surface area contributed by atoms with Crippen molar-refractivity contribution in [3.63, 3.8) is 0 Å². The number of carbonyl (C=O) groups is 1. The van der Waals surface area contributed by atoms with Crippen LogP contribution >= 0.6 is 11.6 Å². The second kappa shape index (κ2) is 7.99. The maximum absolute atomic E-state index is 12.2. The highest BCUT2D eigenvalue weighted by molar-refractivity contribution is 7.89. The number of sulfonamides is 1. The summed E-state index contributed by atoms with van der Waals surface area (Å²) in [6.07, 6.45) is 0. The molecule has 0 aliphatic carbocycles. The van der Waals surface area contributed by atoms with E-state index in [-0.39, 0.29) is 11.4 Å². The summed E-state index contributed by atoms with van der Waals surface area (Å²) in [6.45, 7) is 5.53. The Balaban J connectivity index is 1.97. The van der Waals surface area contributed by atoms with Crippen molar-refractivity contribution in [3.05, 3.63) is 58.6 Å². The van der Waals surface area contributed by atoms with Gasteiger partial charge in [0, 0.05) is 10.7 Å². The Morgan fingerprint density at radius 1 is 1.12 bits per heavy atom. The molecule has 2 N–H and O–H groups in total. The first kappa shape index (κ1) is 19.4. The normalized spacial score (nSPS) is 11.6. The molecular formula is C18H21ClN2O3S. The van der Waals surface area contributed by atoms with Crippen LogP contribution in [0.3, 0.4) is 0 Å². The number of aryl methyl sites for hydroxylation is 1. The summed E-state index contributed by atoms with van der Waals surface area (Å²) in [7, 11) is -3.77. The summed E-state index contributed by atoms with van der Waals surface area (Å²) in [6, 6.07) is 11.8. The first-order chi connectivity index (χ1) is 11.7. The molecule has 0 spiro atoms. The van der Waals surface area contributed by atoms with E-state index >= 15 is 0 Å². The molecule has 0 fully saturated rings. The predicted octanol–water partition coefficient (Wildman–Crippen LogP) is 3.69. The summed E-state index contributed by atoms with van der Waals surface area (Å²) in [5, 5.41) is 3.15. The van der Waals surface area contributed by atoms with Crippen molar-refractivity contribution in [2.45, 2.75) is 31.6 Å². The highest BCUT2D eigenvalue weighted by Crippen LogP contribution is 2.19. The number of nitrogens with one attached hydrogen (secondary N) is 2. The van der Waals surface area contributed by atoms with E-state index in [1.54, 1.807) is 19.1 Å². The Morgan fingerprint density at radius 2 is 1.76 bits per heavy atom. The van der Waals surface area contributed by atoms with Crippen LogP contribution in [0.25, 0.3) is 0 Å². The Labute approximate surface area is 153 Å². The van der Waals surface area contributed by atoms with Crippen LogP contribution in [0.1, 0.15) is 30.9 Å². The van der Waals surface area contributed by atoms with Gasteiger partial charge >= 0.3 is 0 Å². The van der Waals surface area contributed by atoms with Gasteiger partial charge in [-0.3, -0.25) is 4.79 Å². The molecule has 0 aromatic heterocycles. The van der Waals surface area contributed by atoms with E-state index in [9.17, 15) is 13.2 Å². The van der Waals surface area contributed by atoms with Gasteiger partial charge in [0.15, 0.2) is 0 Å². The van der Waals surface area contributed by atoms with E-state index in [1.165, 1.54) is 18.2 Å². The Hall–Kier alpha value is -1.89. The zero-order valence-corrected chi connectivity index (χ0v) is 15.9. The molecule has 1 amide bonds. The van der Waals surface area contributed by atoms with Crippen molar-refractivity contribution in [1.29, 1.82) is 0 Å². The summed E-state index contributed by atoms with van der Waals surface area (Å²) in [5.74, 6) is -0.0362. The largest absolute Gasteiger partial charge is 0.325 e. The number of hydrogen-bond donors (Lipinski definition) is 2. The first-order valence-electron chi connectivity index (χ1n) is 7.84. The highest BCUT2D eigenvalue weighted by atomic mass is 35.5. The molecule has 0 radical (unpaired) electrons. The number of rotatable bonds is 6. The van der Waals surface area contributed by atoms with Gasteiger partial charge in [-0.25, -0.2) is 13.1 Å². The average molecular weight is 381 g/mol. The molecule has 0 saturated carbocycles. The van der Waals surface area contributed by atoms with Crippen molar-refractivity contribution in [2.75, 3.05) is 11.9 Å². The third-order valence-electron chi connectivity index (χ3n) is 3.72. The topological polar surface area (TPSA) is 75.3 Å². The minimum Gasteiger partial charge on any atom is -0.325 e. The maximum Gasteiger partial charge on any atom is 0.241 e. The molecule has 5 nitrogen and oxygen atoms in total. The fraction of sp³-hybridized carbons (Fsp3) is 0.278. The maximum atomic E-state index is 12.2. The molecule has 0 aliphatic heterocycles. The zero-order chi connectivity index (χ0) is 18.6. The van der Waals surface area contributed by atoms with E-state index < -0.39 is 15.9 Å². The molecule has 7 heteroatoms. The van der Waals surface area contributed by atoms with Gasteiger partial charge in [0.1, 0.15) is 0 Å². The average Bonchev–Trinajstić information content (AvgIpc) is 2.56. The fourth-order valence-corrected chi connectivity index (χ4v) is 3.37. The number of anilines is 1. The second-order valence-corrected chi connectivity index (χ2v) is 8.23. The standard InChI is InChI=1S/C18H21ClN2O3S/c1-12(2)14-4-6-15(7-5-14)21-18(22)11-20-25(23,24)16-8-9-17(19)13(3)10-16/h4-10,12,20H,11H2,1-3H3,(H,21,22). The van der Waals surface area contributed by atoms with E-state index in [4.69, 9.17) is 11.6 Å². The van der Waals surface area contributed by atoms with Crippen LogP contribution in [0, 0.1) is 6.92 Å². The van der Waals surface area contributed by atoms with Gasteiger partial charge in [-0.2, -0.15) is 0 Å². The Kier molecular flexibility index (Phi) is 6.21. The summed E-state index contributed by atoms with van der Waals surface area (Å²) < 4.78 is 26.8. The van der Waals surface area contributed by atoms with Crippen molar-refractivity contribution >= 4 is 33.2 Å². The van der Waals surface area contributed by atoms with Gasteiger partial charge in [-0.15, -0.1) is 0 Å². The van der Waals surface area contributed by atoms with E-state index in [2.05, 4.69) is 23.9 Å². The molecule has 0 atom stereocenters. The van der Waals surface area contributed by atoms with Gasteiger partial charge in [-0.05, 0) is 54.3 Å². The number of carbonyl (C=O) groups excluding carboxylic acids is 1. The van der Waals surface area contributed by atoms with E-state index in [0.29, 0.717) is 22.2 Å². The predicted molar refractivity (Wildman–Crippen MR) is 101 cm³/mol. The molecule has 25 heavy (non-hydrogen) atoms. The molecule has 0 bridgehead atoms. The summed E-state index contributed by atoms with van der Waals surface area (Å²) in [4.78, 5) is 12.0. The number of amides is 1. The molecule has 0 aliphatic rings. The molecule has 134 valence electrons. The van der Waals surface area contributed by atoms with Crippen molar-refractivity contribution in [1.82, 2.24) is 4.72 Å². The molecule has 2 aromatic carbocycles. The third kappa shape index (κ3) is 5.29. The minimum absolute atomic E-state index is 0.0727. The molecular weight excluding hydrogens is 360 g/mol. The van der Waals surface area contributed by atoms with Gasteiger partial charge in [0.05, 0.1) is 11.4 Å². The smallest absolute Gasteiger partial charge is 0.241 e. The van der Waals surface area contributed by atoms with Gasteiger partial charge in [0.2, 0.25) is 15.9 Å². The van der Waals surface area contributed by atoms with Crippen LogP contribution in [-0.2, 0) is 14.8 Å². The number of halogens is 1. The zero-order valence-electron chi connectivity index (χ0n) is 14.3. The molecule has 2 rings (SSSR count). The Morgan fingerprint density at radius 3 is 2.32 bits per heavy atom. The molecule has 0 saturated heterocycles. The minimum atomic E-state index is -3.77. The second-order valence-electron chi connectivity index (χ2n) is 6.06. The van der Waals surface area contributed by atoms with Crippen LogP contribution in [-0.4, -0.2) is 20.9 Å². The van der Waals surface area contributed by atoms with Gasteiger partial charge < -0.3 is 5.32 Å². The van der Waals surface area contributed by atoms with E-state index in [0.717, 1.165) is 5.56 Å². The molecule has 0 heterocycles. The van der Waals surface area contributed by atoms with Crippen LogP contribution in [0.4, 0.5) is 5.69 Å². The fourth-order valence-electron chi connectivity index (χ4n) is 2.18. The summed E-state index contributed by atoms with van der Waals surface area (Å²) >= 11 is 5.90. The van der Waals surface area contributed by atoms with Gasteiger partial charge in [0.25, 0.3) is 0 Å². The van der Waals surface area contributed by atoms with Crippen molar-refractivity contribution < 1.29 is 13.2 Å².